The Hall–Kier alpha value is -2.47. The maximum Gasteiger partial charge on any atom is 0.335 e. The van der Waals surface area contributed by atoms with Crippen LogP contribution in [0.2, 0.25) is 0 Å². The predicted octanol–water partition coefficient (Wildman–Crippen LogP) is 3.33. The van der Waals surface area contributed by atoms with Gasteiger partial charge in [-0.1, -0.05) is 6.07 Å². The molecule has 0 saturated carbocycles. The standard InChI is InChI=1S/C14H11FN2O2S/c15-10-2-1-3-12(8-10)17-14(20)16-11-6-4-9(5-7-11)13(18)19/h1-8H,(H,18,19)(H2,16,17,20). The fourth-order valence-electron chi connectivity index (χ4n) is 1.56. The number of halogens is 1. The lowest BCUT2D eigenvalue weighted by atomic mass is 10.2. The molecule has 2 rings (SSSR count). The first-order valence-electron chi connectivity index (χ1n) is 5.71. The number of rotatable bonds is 3. The first kappa shape index (κ1) is 14.0. The van der Waals surface area contributed by atoms with Gasteiger partial charge in [-0.25, -0.2) is 9.18 Å². The second-order valence-electron chi connectivity index (χ2n) is 3.97. The van der Waals surface area contributed by atoms with Crippen LogP contribution in [-0.2, 0) is 0 Å². The van der Waals surface area contributed by atoms with Crippen LogP contribution < -0.4 is 10.6 Å². The normalized spacial score (nSPS) is 9.85. The zero-order valence-electron chi connectivity index (χ0n) is 10.3. The minimum Gasteiger partial charge on any atom is -0.478 e. The van der Waals surface area contributed by atoms with Gasteiger partial charge in [-0.15, -0.1) is 0 Å². The Morgan fingerprint density at radius 3 is 2.30 bits per heavy atom. The molecule has 0 bridgehead atoms. The third-order valence-corrected chi connectivity index (χ3v) is 2.68. The molecule has 0 aliphatic carbocycles. The summed E-state index contributed by atoms with van der Waals surface area (Å²) in [6.45, 7) is 0. The van der Waals surface area contributed by atoms with E-state index in [1.54, 1.807) is 24.3 Å². The van der Waals surface area contributed by atoms with Crippen molar-refractivity contribution in [2.45, 2.75) is 0 Å². The third-order valence-electron chi connectivity index (χ3n) is 2.47. The van der Waals surface area contributed by atoms with Crippen molar-refractivity contribution in [3.05, 3.63) is 59.9 Å². The Morgan fingerprint density at radius 1 is 1.05 bits per heavy atom. The van der Waals surface area contributed by atoms with Gasteiger partial charge in [-0.2, -0.15) is 0 Å². The van der Waals surface area contributed by atoms with Gasteiger partial charge >= 0.3 is 5.97 Å². The minimum atomic E-state index is -0.989. The van der Waals surface area contributed by atoms with Gasteiger partial charge < -0.3 is 15.7 Å². The van der Waals surface area contributed by atoms with Gasteiger partial charge in [0.1, 0.15) is 5.82 Å². The molecule has 0 atom stereocenters. The molecule has 6 heteroatoms. The number of nitrogens with one attached hydrogen (secondary N) is 2. The van der Waals surface area contributed by atoms with Gasteiger partial charge in [0.15, 0.2) is 5.11 Å². The lowest BCUT2D eigenvalue weighted by Gasteiger charge is -2.10. The highest BCUT2D eigenvalue weighted by Gasteiger charge is 2.03. The third kappa shape index (κ3) is 3.76. The Bertz CT molecular complexity index is 644. The van der Waals surface area contributed by atoms with Crippen LogP contribution in [0.25, 0.3) is 0 Å². The molecule has 0 radical (unpaired) electrons. The second-order valence-corrected chi connectivity index (χ2v) is 4.38. The van der Waals surface area contributed by atoms with Gasteiger partial charge in [-0.3, -0.25) is 0 Å². The van der Waals surface area contributed by atoms with Crippen LogP contribution in [0.5, 0.6) is 0 Å². The van der Waals surface area contributed by atoms with Crippen molar-refractivity contribution >= 4 is 34.7 Å². The molecule has 102 valence electrons. The van der Waals surface area contributed by atoms with E-state index in [0.717, 1.165) is 0 Å². The zero-order valence-corrected chi connectivity index (χ0v) is 11.1. The van der Waals surface area contributed by atoms with Crippen molar-refractivity contribution in [1.82, 2.24) is 0 Å². The Labute approximate surface area is 120 Å². The molecule has 0 fully saturated rings. The molecule has 4 nitrogen and oxygen atoms in total. The zero-order chi connectivity index (χ0) is 14.5. The summed E-state index contributed by atoms with van der Waals surface area (Å²) in [6, 6.07) is 12.1. The molecule has 20 heavy (non-hydrogen) atoms. The van der Waals surface area contributed by atoms with Crippen LogP contribution in [0.1, 0.15) is 10.4 Å². The lowest BCUT2D eigenvalue weighted by molar-refractivity contribution is 0.0697. The molecule has 2 aromatic carbocycles. The molecule has 0 saturated heterocycles. The number of carboxylic acids is 1. The maximum absolute atomic E-state index is 13.0. The average molecular weight is 290 g/mol. The van der Waals surface area contributed by atoms with Crippen molar-refractivity contribution in [3.8, 4) is 0 Å². The Kier molecular flexibility index (Phi) is 4.27. The molecule has 0 aromatic heterocycles. The summed E-state index contributed by atoms with van der Waals surface area (Å²) in [5.74, 6) is -1.35. The molecule has 0 unspecified atom stereocenters. The molecule has 3 N–H and O–H groups in total. The predicted molar refractivity (Wildman–Crippen MR) is 79.6 cm³/mol. The SMILES string of the molecule is O=C(O)c1ccc(NC(=S)Nc2cccc(F)c2)cc1. The second kappa shape index (κ2) is 6.12. The number of benzene rings is 2. The number of carboxylic acid groups (broad SMARTS) is 1. The number of thiocarbonyl (C=S) groups is 1. The highest BCUT2D eigenvalue weighted by Crippen LogP contribution is 2.12. The fourth-order valence-corrected chi connectivity index (χ4v) is 1.79. The number of carbonyl (C=O) groups is 1. The van der Waals surface area contributed by atoms with Crippen LogP contribution in [0, 0.1) is 5.82 Å². The topological polar surface area (TPSA) is 61.4 Å². The van der Waals surface area contributed by atoms with E-state index in [0.29, 0.717) is 16.5 Å². The van der Waals surface area contributed by atoms with E-state index < -0.39 is 5.97 Å². The fraction of sp³-hybridized carbons (Fsp3) is 0. The first-order chi connectivity index (χ1) is 9.54. The summed E-state index contributed by atoms with van der Waals surface area (Å²) in [5.41, 5.74) is 1.37. The van der Waals surface area contributed by atoms with Crippen LogP contribution in [-0.4, -0.2) is 16.2 Å². The molecule has 0 amide bonds. The average Bonchev–Trinajstić information content (AvgIpc) is 2.39. The maximum atomic E-state index is 13.0. The van der Waals surface area contributed by atoms with Crippen LogP contribution in [0.3, 0.4) is 0 Å². The van der Waals surface area contributed by atoms with E-state index >= 15 is 0 Å². The van der Waals surface area contributed by atoms with Crippen molar-refractivity contribution in [2.75, 3.05) is 10.6 Å². The summed E-state index contributed by atoms with van der Waals surface area (Å²) in [6.07, 6.45) is 0. The van der Waals surface area contributed by atoms with Gasteiger partial charge in [0.2, 0.25) is 0 Å². The summed E-state index contributed by atoms with van der Waals surface area (Å²) in [5, 5.41) is 14.8. The highest BCUT2D eigenvalue weighted by atomic mass is 32.1. The van der Waals surface area contributed by atoms with E-state index in [1.807, 2.05) is 0 Å². The van der Waals surface area contributed by atoms with Crippen LogP contribution in [0.4, 0.5) is 15.8 Å². The Morgan fingerprint density at radius 2 is 1.70 bits per heavy atom. The summed E-state index contributed by atoms with van der Waals surface area (Å²) >= 11 is 5.08. The van der Waals surface area contributed by atoms with Crippen molar-refractivity contribution in [1.29, 1.82) is 0 Å². The monoisotopic (exact) mass is 290 g/mol. The van der Waals surface area contributed by atoms with E-state index in [1.165, 1.54) is 24.3 Å². The van der Waals surface area contributed by atoms with E-state index in [2.05, 4.69) is 10.6 Å². The molecule has 0 heterocycles. The van der Waals surface area contributed by atoms with E-state index in [4.69, 9.17) is 17.3 Å². The van der Waals surface area contributed by atoms with Gasteiger partial charge in [-0.05, 0) is 54.7 Å². The van der Waals surface area contributed by atoms with Crippen LogP contribution >= 0.6 is 12.2 Å². The number of hydrogen-bond donors (Lipinski definition) is 3. The smallest absolute Gasteiger partial charge is 0.335 e. The molecular formula is C14H11FN2O2S. The lowest BCUT2D eigenvalue weighted by Crippen LogP contribution is -2.19. The number of hydrogen-bond acceptors (Lipinski definition) is 2. The minimum absolute atomic E-state index is 0.194. The summed E-state index contributed by atoms with van der Waals surface area (Å²) < 4.78 is 13.0. The molecule has 2 aromatic rings. The highest BCUT2D eigenvalue weighted by molar-refractivity contribution is 7.80. The van der Waals surface area contributed by atoms with Crippen molar-refractivity contribution in [3.63, 3.8) is 0 Å². The van der Waals surface area contributed by atoms with Gasteiger partial charge in [0.25, 0.3) is 0 Å². The first-order valence-corrected chi connectivity index (χ1v) is 6.12. The number of aromatic carboxylic acids is 1. The van der Waals surface area contributed by atoms with Gasteiger partial charge in [0.05, 0.1) is 5.56 Å². The number of anilines is 2. The quantitative estimate of drug-likeness (QED) is 0.757. The Balaban J connectivity index is 1.99. The molecule has 0 spiro atoms. The summed E-state index contributed by atoms with van der Waals surface area (Å²) in [4.78, 5) is 10.7. The van der Waals surface area contributed by atoms with E-state index in [9.17, 15) is 9.18 Å². The largest absolute Gasteiger partial charge is 0.478 e. The van der Waals surface area contributed by atoms with Crippen molar-refractivity contribution in [2.24, 2.45) is 0 Å². The molecule has 0 aliphatic heterocycles. The van der Waals surface area contributed by atoms with Crippen molar-refractivity contribution < 1.29 is 14.3 Å². The summed E-state index contributed by atoms with van der Waals surface area (Å²) in [7, 11) is 0. The molecular weight excluding hydrogens is 279 g/mol. The van der Waals surface area contributed by atoms with Gasteiger partial charge in [0, 0.05) is 11.4 Å². The van der Waals surface area contributed by atoms with Crippen LogP contribution in [0.15, 0.2) is 48.5 Å². The van der Waals surface area contributed by atoms with E-state index in [-0.39, 0.29) is 11.4 Å². The molecule has 0 aliphatic rings.